The summed E-state index contributed by atoms with van der Waals surface area (Å²) in [6.45, 7) is 1.70. The van der Waals surface area contributed by atoms with E-state index in [0.717, 1.165) is 16.6 Å². The fourth-order valence-electron chi connectivity index (χ4n) is 2.30. The van der Waals surface area contributed by atoms with E-state index < -0.39 is 5.97 Å². The maximum atomic E-state index is 13.3. The first-order chi connectivity index (χ1) is 9.56. The Hall–Kier alpha value is -2.62. The van der Waals surface area contributed by atoms with Crippen LogP contribution in [0.3, 0.4) is 0 Å². The van der Waals surface area contributed by atoms with E-state index in [0.29, 0.717) is 10.9 Å². The van der Waals surface area contributed by atoms with Crippen LogP contribution in [-0.2, 0) is 0 Å². The number of rotatable bonds is 2. The summed E-state index contributed by atoms with van der Waals surface area (Å²) in [5.74, 6) is -1.22. The van der Waals surface area contributed by atoms with Crippen molar-refractivity contribution in [2.45, 2.75) is 6.92 Å². The predicted molar refractivity (Wildman–Crippen MR) is 75.4 cm³/mol. The third-order valence-corrected chi connectivity index (χ3v) is 3.40. The molecular formula is C16H12FNO2. The minimum Gasteiger partial charge on any atom is -0.478 e. The standard InChI is InChI=1S/C16H12FNO2/c1-9-6-10(2-4-14(9)17)11-3-5-15-12(7-11)13(8-18-15)16(19)20/h2-8,18H,1H3,(H,19,20). The second-order valence-corrected chi connectivity index (χ2v) is 4.73. The molecule has 0 spiro atoms. The first kappa shape index (κ1) is 12.4. The molecular weight excluding hydrogens is 257 g/mol. The highest BCUT2D eigenvalue weighted by molar-refractivity contribution is 6.04. The number of hydrogen-bond acceptors (Lipinski definition) is 1. The second kappa shape index (κ2) is 4.49. The van der Waals surface area contributed by atoms with Gasteiger partial charge in [0.15, 0.2) is 0 Å². The minimum absolute atomic E-state index is 0.237. The molecule has 1 heterocycles. The van der Waals surface area contributed by atoms with Crippen LogP contribution in [0, 0.1) is 12.7 Å². The van der Waals surface area contributed by atoms with Crippen molar-refractivity contribution in [1.29, 1.82) is 0 Å². The maximum absolute atomic E-state index is 13.3. The average molecular weight is 269 g/mol. The summed E-state index contributed by atoms with van der Waals surface area (Å²) >= 11 is 0. The quantitative estimate of drug-likeness (QED) is 0.739. The molecule has 3 rings (SSSR count). The van der Waals surface area contributed by atoms with Gasteiger partial charge in [-0.15, -0.1) is 0 Å². The van der Waals surface area contributed by atoms with Crippen LogP contribution in [0.1, 0.15) is 15.9 Å². The third kappa shape index (κ3) is 1.95. The number of H-pyrrole nitrogens is 1. The summed E-state index contributed by atoms with van der Waals surface area (Å²) in [6, 6.07) is 10.4. The number of carboxylic acids is 1. The number of carboxylic acid groups (broad SMARTS) is 1. The van der Waals surface area contributed by atoms with E-state index in [2.05, 4.69) is 4.98 Å². The second-order valence-electron chi connectivity index (χ2n) is 4.73. The molecule has 0 bridgehead atoms. The van der Waals surface area contributed by atoms with Gasteiger partial charge in [0.2, 0.25) is 0 Å². The molecule has 0 unspecified atom stereocenters. The molecule has 0 aliphatic carbocycles. The summed E-state index contributed by atoms with van der Waals surface area (Å²) < 4.78 is 13.3. The Balaban J connectivity index is 2.18. The molecule has 0 atom stereocenters. The van der Waals surface area contributed by atoms with Gasteiger partial charge in [0, 0.05) is 17.1 Å². The Kier molecular flexibility index (Phi) is 2.79. The summed E-state index contributed by atoms with van der Waals surface area (Å²) in [5.41, 5.74) is 3.30. The van der Waals surface area contributed by atoms with Crippen LogP contribution in [0.5, 0.6) is 0 Å². The molecule has 0 aliphatic heterocycles. The van der Waals surface area contributed by atoms with Gasteiger partial charge < -0.3 is 10.1 Å². The summed E-state index contributed by atoms with van der Waals surface area (Å²) in [4.78, 5) is 14.1. The van der Waals surface area contributed by atoms with Gasteiger partial charge in [-0.3, -0.25) is 0 Å². The van der Waals surface area contributed by atoms with Gasteiger partial charge in [0.05, 0.1) is 5.56 Å². The molecule has 2 aromatic carbocycles. The highest BCUT2D eigenvalue weighted by Gasteiger charge is 2.11. The topological polar surface area (TPSA) is 53.1 Å². The van der Waals surface area contributed by atoms with Crippen molar-refractivity contribution < 1.29 is 14.3 Å². The number of hydrogen-bond donors (Lipinski definition) is 2. The van der Waals surface area contributed by atoms with Gasteiger partial charge in [-0.05, 0) is 47.9 Å². The number of aromatic amines is 1. The maximum Gasteiger partial charge on any atom is 0.337 e. The van der Waals surface area contributed by atoms with Crippen LogP contribution >= 0.6 is 0 Å². The van der Waals surface area contributed by atoms with Gasteiger partial charge in [-0.1, -0.05) is 12.1 Å². The fraction of sp³-hybridized carbons (Fsp3) is 0.0625. The zero-order chi connectivity index (χ0) is 14.3. The van der Waals surface area contributed by atoms with Crippen LogP contribution in [0.4, 0.5) is 4.39 Å². The van der Waals surface area contributed by atoms with Crippen LogP contribution in [0.2, 0.25) is 0 Å². The van der Waals surface area contributed by atoms with E-state index in [9.17, 15) is 9.18 Å². The number of aromatic carboxylic acids is 1. The summed E-state index contributed by atoms with van der Waals surface area (Å²) in [6.07, 6.45) is 1.48. The van der Waals surface area contributed by atoms with Gasteiger partial charge in [0.25, 0.3) is 0 Å². The van der Waals surface area contributed by atoms with Crippen LogP contribution < -0.4 is 0 Å². The van der Waals surface area contributed by atoms with E-state index in [1.54, 1.807) is 19.1 Å². The smallest absolute Gasteiger partial charge is 0.337 e. The Bertz CT molecular complexity index is 820. The van der Waals surface area contributed by atoms with Gasteiger partial charge >= 0.3 is 5.97 Å². The molecule has 100 valence electrons. The van der Waals surface area contributed by atoms with Gasteiger partial charge in [0.1, 0.15) is 5.82 Å². The Labute approximate surface area is 114 Å². The fourth-order valence-corrected chi connectivity index (χ4v) is 2.30. The van der Waals surface area contributed by atoms with Crippen molar-refractivity contribution in [3.63, 3.8) is 0 Å². The molecule has 3 nitrogen and oxygen atoms in total. The lowest BCUT2D eigenvalue weighted by molar-refractivity contribution is 0.0699. The van der Waals surface area contributed by atoms with Crippen molar-refractivity contribution in [2.24, 2.45) is 0 Å². The van der Waals surface area contributed by atoms with Crippen molar-refractivity contribution in [3.8, 4) is 11.1 Å². The van der Waals surface area contributed by atoms with E-state index in [4.69, 9.17) is 5.11 Å². The van der Waals surface area contributed by atoms with E-state index in [1.165, 1.54) is 12.3 Å². The number of carbonyl (C=O) groups is 1. The number of benzene rings is 2. The van der Waals surface area contributed by atoms with Gasteiger partial charge in [-0.25, -0.2) is 9.18 Å². The lowest BCUT2D eigenvalue weighted by Crippen LogP contribution is -1.93. The van der Waals surface area contributed by atoms with Gasteiger partial charge in [-0.2, -0.15) is 0 Å². The first-order valence-electron chi connectivity index (χ1n) is 6.17. The molecule has 4 heteroatoms. The molecule has 3 aromatic rings. The summed E-state index contributed by atoms with van der Waals surface area (Å²) in [5, 5.41) is 9.79. The molecule has 0 saturated heterocycles. The number of fused-ring (bicyclic) bond motifs is 1. The Morgan fingerprint density at radius 2 is 1.85 bits per heavy atom. The molecule has 20 heavy (non-hydrogen) atoms. The highest BCUT2D eigenvalue weighted by Crippen LogP contribution is 2.27. The van der Waals surface area contributed by atoms with Crippen molar-refractivity contribution in [1.82, 2.24) is 4.98 Å². The zero-order valence-corrected chi connectivity index (χ0v) is 10.8. The van der Waals surface area contributed by atoms with Crippen molar-refractivity contribution in [3.05, 3.63) is 59.5 Å². The monoisotopic (exact) mass is 269 g/mol. The van der Waals surface area contributed by atoms with Crippen molar-refractivity contribution >= 4 is 16.9 Å². The number of nitrogens with one attached hydrogen (secondary N) is 1. The van der Waals surface area contributed by atoms with E-state index in [-0.39, 0.29) is 11.4 Å². The van der Waals surface area contributed by atoms with E-state index in [1.807, 2.05) is 18.2 Å². The molecule has 2 N–H and O–H groups in total. The van der Waals surface area contributed by atoms with E-state index >= 15 is 0 Å². The lowest BCUT2D eigenvalue weighted by Gasteiger charge is -2.05. The lowest BCUT2D eigenvalue weighted by atomic mass is 10.0. The zero-order valence-electron chi connectivity index (χ0n) is 10.8. The molecule has 0 saturated carbocycles. The number of halogens is 1. The van der Waals surface area contributed by atoms with Crippen LogP contribution in [-0.4, -0.2) is 16.1 Å². The van der Waals surface area contributed by atoms with Crippen LogP contribution in [0.15, 0.2) is 42.6 Å². The normalized spacial score (nSPS) is 10.9. The largest absolute Gasteiger partial charge is 0.478 e. The van der Waals surface area contributed by atoms with Crippen LogP contribution in [0.25, 0.3) is 22.0 Å². The number of aromatic nitrogens is 1. The molecule has 0 fully saturated rings. The van der Waals surface area contributed by atoms with Crippen molar-refractivity contribution in [2.75, 3.05) is 0 Å². The first-order valence-corrected chi connectivity index (χ1v) is 6.17. The minimum atomic E-state index is -0.969. The number of aryl methyl sites for hydroxylation is 1. The Morgan fingerprint density at radius 1 is 1.15 bits per heavy atom. The summed E-state index contributed by atoms with van der Waals surface area (Å²) in [7, 11) is 0. The third-order valence-electron chi connectivity index (χ3n) is 3.40. The Morgan fingerprint density at radius 3 is 2.55 bits per heavy atom. The molecule has 0 aliphatic rings. The highest BCUT2D eigenvalue weighted by atomic mass is 19.1. The molecule has 1 aromatic heterocycles. The predicted octanol–water partition coefficient (Wildman–Crippen LogP) is 3.98. The molecule has 0 radical (unpaired) electrons. The average Bonchev–Trinajstić information content (AvgIpc) is 2.85. The SMILES string of the molecule is Cc1cc(-c2ccc3[nH]cc(C(=O)O)c3c2)ccc1F. The molecule has 0 amide bonds.